The Kier molecular flexibility index (Phi) is 9.60. The van der Waals surface area contributed by atoms with Crippen molar-refractivity contribution in [2.24, 2.45) is 0 Å². The first kappa shape index (κ1) is 19.7. The van der Waals surface area contributed by atoms with Crippen molar-refractivity contribution in [1.29, 1.82) is 0 Å². The number of unbranched alkanes of at least 4 members (excludes halogenated alkanes) is 4. The van der Waals surface area contributed by atoms with Crippen LogP contribution in [0.15, 0.2) is 22.7 Å². The maximum Gasteiger partial charge on any atom is 0.339 e. The standard InChI is InChI=1S/C18H25BrO4/c1-3-5-7-11-22-17(20)15-10-9-14(19)13-16(15)18(21)23-12-8-6-4-2/h9-10,13H,3-8,11-12H2,1-2H3. The molecule has 0 fully saturated rings. The van der Waals surface area contributed by atoms with E-state index < -0.39 is 11.9 Å². The predicted octanol–water partition coefficient (Wildman–Crippen LogP) is 5.14. The lowest BCUT2D eigenvalue weighted by atomic mass is 10.1. The molecular formula is C18H25BrO4. The SMILES string of the molecule is CCCCCOC(=O)c1ccc(Br)cc1C(=O)OCCCCC. The first-order valence-electron chi connectivity index (χ1n) is 8.24. The summed E-state index contributed by atoms with van der Waals surface area (Å²) in [7, 11) is 0. The Morgan fingerprint density at radius 3 is 1.91 bits per heavy atom. The highest BCUT2D eigenvalue weighted by atomic mass is 79.9. The monoisotopic (exact) mass is 384 g/mol. The number of carbonyl (C=O) groups excluding carboxylic acids is 2. The second-order valence-corrected chi connectivity index (χ2v) is 6.29. The van der Waals surface area contributed by atoms with Crippen LogP contribution in [0.25, 0.3) is 0 Å². The molecular weight excluding hydrogens is 360 g/mol. The van der Waals surface area contributed by atoms with Gasteiger partial charge in [-0.2, -0.15) is 0 Å². The number of benzene rings is 1. The van der Waals surface area contributed by atoms with Gasteiger partial charge in [0.2, 0.25) is 0 Å². The number of esters is 2. The van der Waals surface area contributed by atoms with Crippen LogP contribution in [0.2, 0.25) is 0 Å². The molecule has 128 valence electrons. The Hall–Kier alpha value is -1.36. The van der Waals surface area contributed by atoms with Gasteiger partial charge in [0, 0.05) is 4.47 Å². The van der Waals surface area contributed by atoms with E-state index in [-0.39, 0.29) is 11.1 Å². The molecule has 1 rings (SSSR count). The van der Waals surface area contributed by atoms with E-state index in [0.29, 0.717) is 13.2 Å². The van der Waals surface area contributed by atoms with Gasteiger partial charge in [-0.1, -0.05) is 55.5 Å². The highest BCUT2D eigenvalue weighted by molar-refractivity contribution is 9.10. The van der Waals surface area contributed by atoms with Gasteiger partial charge in [0.15, 0.2) is 0 Å². The second kappa shape index (κ2) is 11.2. The lowest BCUT2D eigenvalue weighted by Crippen LogP contribution is -2.15. The zero-order valence-electron chi connectivity index (χ0n) is 13.9. The molecule has 0 bridgehead atoms. The minimum atomic E-state index is -0.483. The van der Waals surface area contributed by atoms with Crippen LogP contribution in [0.5, 0.6) is 0 Å². The van der Waals surface area contributed by atoms with E-state index in [1.165, 1.54) is 0 Å². The second-order valence-electron chi connectivity index (χ2n) is 5.38. The Labute approximate surface area is 146 Å². The molecule has 0 aromatic heterocycles. The molecule has 1 aromatic rings. The fraction of sp³-hybridized carbons (Fsp3) is 0.556. The van der Waals surface area contributed by atoms with E-state index in [1.54, 1.807) is 18.2 Å². The van der Waals surface area contributed by atoms with Crippen LogP contribution in [-0.4, -0.2) is 25.2 Å². The van der Waals surface area contributed by atoms with Crippen molar-refractivity contribution in [3.05, 3.63) is 33.8 Å². The van der Waals surface area contributed by atoms with Crippen molar-refractivity contribution < 1.29 is 19.1 Å². The molecule has 23 heavy (non-hydrogen) atoms. The first-order chi connectivity index (χ1) is 11.1. The molecule has 0 aliphatic heterocycles. The number of rotatable bonds is 10. The topological polar surface area (TPSA) is 52.6 Å². The Morgan fingerprint density at radius 2 is 1.39 bits per heavy atom. The summed E-state index contributed by atoms with van der Waals surface area (Å²) < 4.78 is 11.2. The zero-order chi connectivity index (χ0) is 17.1. The van der Waals surface area contributed by atoms with Crippen molar-refractivity contribution in [2.45, 2.75) is 52.4 Å². The molecule has 0 atom stereocenters. The van der Waals surface area contributed by atoms with Crippen molar-refractivity contribution >= 4 is 27.9 Å². The highest BCUT2D eigenvalue weighted by Gasteiger charge is 2.19. The summed E-state index contributed by atoms with van der Waals surface area (Å²) in [6.07, 6.45) is 5.80. The molecule has 0 N–H and O–H groups in total. The quantitative estimate of drug-likeness (QED) is 0.413. The number of ether oxygens (including phenoxy) is 2. The van der Waals surface area contributed by atoms with E-state index in [2.05, 4.69) is 29.8 Å². The molecule has 4 nitrogen and oxygen atoms in total. The predicted molar refractivity (Wildman–Crippen MR) is 93.8 cm³/mol. The van der Waals surface area contributed by atoms with Gasteiger partial charge in [0.25, 0.3) is 0 Å². The van der Waals surface area contributed by atoms with Crippen molar-refractivity contribution in [1.82, 2.24) is 0 Å². The van der Waals surface area contributed by atoms with Crippen molar-refractivity contribution in [2.75, 3.05) is 13.2 Å². The third-order valence-electron chi connectivity index (χ3n) is 3.38. The van der Waals surface area contributed by atoms with Gasteiger partial charge < -0.3 is 9.47 Å². The minimum absolute atomic E-state index is 0.247. The summed E-state index contributed by atoms with van der Waals surface area (Å²) >= 11 is 3.32. The van der Waals surface area contributed by atoms with Crippen LogP contribution < -0.4 is 0 Å². The number of carbonyl (C=O) groups is 2. The summed E-state index contributed by atoms with van der Waals surface area (Å²) in [5, 5.41) is 0. The summed E-state index contributed by atoms with van der Waals surface area (Å²) in [4.78, 5) is 24.4. The minimum Gasteiger partial charge on any atom is -0.462 e. The number of hydrogen-bond donors (Lipinski definition) is 0. The zero-order valence-corrected chi connectivity index (χ0v) is 15.5. The van der Waals surface area contributed by atoms with Gasteiger partial charge in [-0.15, -0.1) is 0 Å². The summed E-state index contributed by atoms with van der Waals surface area (Å²) in [5.74, 6) is -0.961. The van der Waals surface area contributed by atoms with E-state index in [4.69, 9.17) is 9.47 Å². The lowest BCUT2D eigenvalue weighted by molar-refractivity contribution is 0.0451. The van der Waals surface area contributed by atoms with Gasteiger partial charge in [-0.25, -0.2) is 9.59 Å². The van der Waals surface area contributed by atoms with Crippen LogP contribution in [0.4, 0.5) is 0 Å². The lowest BCUT2D eigenvalue weighted by Gasteiger charge is -2.10. The van der Waals surface area contributed by atoms with Crippen LogP contribution in [0, 0.1) is 0 Å². The maximum absolute atomic E-state index is 12.2. The van der Waals surface area contributed by atoms with E-state index >= 15 is 0 Å². The molecule has 0 saturated carbocycles. The summed E-state index contributed by atoms with van der Waals surface area (Å²) in [6, 6.07) is 4.91. The van der Waals surface area contributed by atoms with E-state index in [9.17, 15) is 9.59 Å². The number of halogens is 1. The maximum atomic E-state index is 12.2. The van der Waals surface area contributed by atoms with Crippen molar-refractivity contribution in [3.8, 4) is 0 Å². The summed E-state index contributed by atoms with van der Waals surface area (Å²) in [6.45, 7) is 4.91. The Balaban J connectivity index is 2.71. The Morgan fingerprint density at radius 1 is 0.870 bits per heavy atom. The molecule has 0 aliphatic rings. The molecule has 5 heteroatoms. The fourth-order valence-corrected chi connectivity index (χ4v) is 2.41. The van der Waals surface area contributed by atoms with Gasteiger partial charge in [0.05, 0.1) is 24.3 Å². The van der Waals surface area contributed by atoms with Crippen LogP contribution >= 0.6 is 15.9 Å². The smallest absolute Gasteiger partial charge is 0.339 e. The van der Waals surface area contributed by atoms with Crippen LogP contribution in [0.3, 0.4) is 0 Å². The van der Waals surface area contributed by atoms with Gasteiger partial charge in [-0.3, -0.25) is 0 Å². The summed E-state index contributed by atoms with van der Waals surface area (Å²) in [5.41, 5.74) is 0.501. The molecule has 0 saturated heterocycles. The molecule has 0 amide bonds. The van der Waals surface area contributed by atoms with Crippen molar-refractivity contribution in [3.63, 3.8) is 0 Å². The normalized spacial score (nSPS) is 10.4. The largest absolute Gasteiger partial charge is 0.462 e. The van der Waals surface area contributed by atoms with E-state index in [1.807, 2.05) is 0 Å². The molecule has 0 aliphatic carbocycles. The highest BCUT2D eigenvalue weighted by Crippen LogP contribution is 2.19. The van der Waals surface area contributed by atoms with Gasteiger partial charge in [-0.05, 0) is 31.0 Å². The van der Waals surface area contributed by atoms with Gasteiger partial charge >= 0.3 is 11.9 Å². The number of hydrogen-bond acceptors (Lipinski definition) is 4. The van der Waals surface area contributed by atoms with Gasteiger partial charge in [0.1, 0.15) is 0 Å². The average molecular weight is 385 g/mol. The van der Waals surface area contributed by atoms with Crippen LogP contribution in [-0.2, 0) is 9.47 Å². The van der Waals surface area contributed by atoms with E-state index in [0.717, 1.165) is 43.0 Å². The molecule has 1 aromatic carbocycles. The third kappa shape index (κ3) is 7.16. The molecule has 0 heterocycles. The third-order valence-corrected chi connectivity index (χ3v) is 3.88. The van der Waals surface area contributed by atoms with Crippen LogP contribution in [0.1, 0.15) is 73.1 Å². The molecule has 0 unspecified atom stereocenters. The average Bonchev–Trinajstić information content (AvgIpc) is 2.55. The fourth-order valence-electron chi connectivity index (χ4n) is 2.05. The molecule has 0 radical (unpaired) electrons. The molecule has 0 spiro atoms. The first-order valence-corrected chi connectivity index (χ1v) is 9.03. The Bertz CT molecular complexity index is 514.